The molecular formula is C19H34N2O5SSi. The molecule has 1 aliphatic heterocycles. The maximum Gasteiger partial charge on any atom is 0.410 e. The van der Waals surface area contributed by atoms with E-state index in [2.05, 4.69) is 33.9 Å². The maximum absolute atomic E-state index is 12.8. The predicted molar refractivity (Wildman–Crippen MR) is 114 cm³/mol. The molecule has 0 unspecified atom stereocenters. The Morgan fingerprint density at radius 3 is 2.36 bits per heavy atom. The van der Waals surface area contributed by atoms with Crippen molar-refractivity contribution >= 4 is 25.7 Å². The number of thiazole rings is 1. The van der Waals surface area contributed by atoms with Crippen LogP contribution in [0.15, 0.2) is 10.2 Å². The van der Waals surface area contributed by atoms with Gasteiger partial charge in [0.25, 0.3) is 0 Å². The minimum Gasteiger partial charge on any atom is -0.494 e. The molecule has 0 aromatic carbocycles. The van der Waals surface area contributed by atoms with E-state index in [9.17, 15) is 14.7 Å². The Kier molecular flexibility index (Phi) is 6.42. The lowest BCUT2D eigenvalue weighted by molar-refractivity contribution is 0.0197. The largest absolute Gasteiger partial charge is 0.494 e. The van der Waals surface area contributed by atoms with Crippen LogP contribution in [0, 0.1) is 0 Å². The van der Waals surface area contributed by atoms with Crippen LogP contribution < -0.4 is 4.87 Å². The van der Waals surface area contributed by atoms with E-state index in [0.29, 0.717) is 13.0 Å². The third-order valence-corrected chi connectivity index (χ3v) is 10.7. The summed E-state index contributed by atoms with van der Waals surface area (Å²) in [6.45, 7) is 17.1. The van der Waals surface area contributed by atoms with Gasteiger partial charge in [-0.1, -0.05) is 32.1 Å². The summed E-state index contributed by atoms with van der Waals surface area (Å²) in [5, 5.41) is 11.5. The van der Waals surface area contributed by atoms with E-state index in [0.717, 1.165) is 11.3 Å². The predicted octanol–water partition coefficient (Wildman–Crippen LogP) is 4.02. The molecule has 1 N–H and O–H groups in total. The number of carbonyl (C=O) groups excluding carboxylic acids is 1. The van der Waals surface area contributed by atoms with E-state index in [1.807, 2.05) is 20.8 Å². The van der Waals surface area contributed by atoms with Crippen LogP contribution in [-0.2, 0) is 15.7 Å². The van der Waals surface area contributed by atoms with Crippen LogP contribution in [0.1, 0.15) is 48.0 Å². The number of likely N-dealkylation sites (tertiary alicyclic amines) is 1. The van der Waals surface area contributed by atoms with Gasteiger partial charge in [-0.05, 0) is 45.3 Å². The van der Waals surface area contributed by atoms with Crippen molar-refractivity contribution in [2.45, 2.75) is 90.4 Å². The van der Waals surface area contributed by atoms with Crippen molar-refractivity contribution in [3.8, 4) is 5.88 Å². The van der Waals surface area contributed by atoms with Crippen LogP contribution >= 0.6 is 11.3 Å². The molecule has 2 rings (SSSR count). The molecule has 0 radical (unpaired) electrons. The molecule has 160 valence electrons. The molecule has 0 spiro atoms. The molecule has 2 heterocycles. The first kappa shape index (κ1) is 23.0. The molecule has 28 heavy (non-hydrogen) atoms. The quantitative estimate of drug-likeness (QED) is 0.730. The van der Waals surface area contributed by atoms with Crippen molar-refractivity contribution in [2.75, 3.05) is 6.54 Å². The van der Waals surface area contributed by atoms with Gasteiger partial charge in [0, 0.05) is 6.54 Å². The van der Waals surface area contributed by atoms with E-state index in [4.69, 9.17) is 9.16 Å². The van der Waals surface area contributed by atoms with Gasteiger partial charge in [-0.25, -0.2) is 4.79 Å². The molecule has 0 bridgehead atoms. The number of carbonyl (C=O) groups is 1. The van der Waals surface area contributed by atoms with Crippen LogP contribution in [0.5, 0.6) is 5.88 Å². The highest BCUT2D eigenvalue weighted by atomic mass is 32.1. The zero-order chi connectivity index (χ0) is 21.5. The lowest BCUT2D eigenvalue weighted by Crippen LogP contribution is -2.45. The van der Waals surface area contributed by atoms with Crippen molar-refractivity contribution in [3.05, 3.63) is 15.0 Å². The third kappa shape index (κ3) is 5.39. The van der Waals surface area contributed by atoms with Crippen molar-refractivity contribution in [1.29, 1.82) is 0 Å². The van der Waals surface area contributed by atoms with Gasteiger partial charge in [0.2, 0.25) is 5.88 Å². The van der Waals surface area contributed by atoms with Gasteiger partial charge < -0.3 is 19.2 Å². The topological polar surface area (TPSA) is 81.0 Å². The molecule has 0 saturated carbocycles. The Balaban J connectivity index is 2.23. The molecule has 1 amide bonds. The SMILES string of the molecule is CC(C)(C)OC(=O)N1C[C@H](O[Si](C)(C)C(C)(C)C)C[C@H]1Cn1c(O)csc1=O. The van der Waals surface area contributed by atoms with Gasteiger partial charge in [-0.3, -0.25) is 9.36 Å². The average Bonchev–Trinajstić information content (AvgIpc) is 3.02. The number of nitrogens with zero attached hydrogens (tertiary/aromatic N) is 2. The molecule has 1 aromatic heterocycles. The van der Waals surface area contributed by atoms with E-state index in [-0.39, 0.29) is 34.5 Å². The summed E-state index contributed by atoms with van der Waals surface area (Å²) in [6, 6.07) is -0.275. The zero-order valence-electron chi connectivity index (χ0n) is 18.2. The smallest absolute Gasteiger partial charge is 0.410 e. The fourth-order valence-electron chi connectivity index (χ4n) is 2.97. The summed E-state index contributed by atoms with van der Waals surface area (Å²) < 4.78 is 13.4. The molecule has 1 aliphatic rings. The first-order chi connectivity index (χ1) is 12.6. The van der Waals surface area contributed by atoms with E-state index >= 15 is 0 Å². The number of aromatic hydroxyl groups is 1. The monoisotopic (exact) mass is 430 g/mol. The van der Waals surface area contributed by atoms with Crippen molar-refractivity contribution < 1.29 is 19.1 Å². The Morgan fingerprint density at radius 1 is 1.29 bits per heavy atom. The Labute approximate surface area is 172 Å². The molecule has 2 atom stereocenters. The number of ether oxygens (including phenoxy) is 1. The highest BCUT2D eigenvalue weighted by Gasteiger charge is 2.44. The fraction of sp³-hybridized carbons (Fsp3) is 0.789. The summed E-state index contributed by atoms with van der Waals surface area (Å²) in [7, 11) is -2.01. The molecule has 1 fully saturated rings. The standard InChI is InChI=1S/C19H34N2O5SSi/c1-18(2,3)25-16(23)20-11-14(26-28(7,8)19(4,5)6)9-13(20)10-21-15(22)12-27-17(21)24/h12-14,22H,9-11H2,1-8H3/t13-,14+/m0/s1. The van der Waals surface area contributed by atoms with Crippen LogP contribution in [0.25, 0.3) is 0 Å². The zero-order valence-corrected chi connectivity index (χ0v) is 20.1. The van der Waals surface area contributed by atoms with Crippen LogP contribution in [0.2, 0.25) is 18.1 Å². The second-order valence-electron chi connectivity index (χ2n) is 9.99. The molecule has 7 nitrogen and oxygen atoms in total. The maximum atomic E-state index is 12.8. The molecule has 1 aromatic rings. The Bertz CT molecular complexity index is 760. The van der Waals surface area contributed by atoms with Gasteiger partial charge in [0.05, 0.1) is 24.1 Å². The molecule has 9 heteroatoms. The summed E-state index contributed by atoms with van der Waals surface area (Å²) >= 11 is 0.947. The summed E-state index contributed by atoms with van der Waals surface area (Å²) in [5.41, 5.74) is -0.610. The fourth-order valence-corrected chi connectivity index (χ4v) is 4.96. The van der Waals surface area contributed by atoms with E-state index in [1.54, 1.807) is 4.90 Å². The molecular weight excluding hydrogens is 396 g/mol. The summed E-state index contributed by atoms with van der Waals surface area (Å²) in [5.74, 6) is -0.0760. The van der Waals surface area contributed by atoms with Crippen molar-refractivity contribution in [2.24, 2.45) is 0 Å². The van der Waals surface area contributed by atoms with Gasteiger partial charge in [-0.15, -0.1) is 0 Å². The lowest BCUT2D eigenvalue weighted by atomic mass is 10.2. The van der Waals surface area contributed by atoms with Crippen LogP contribution in [-0.4, -0.2) is 53.3 Å². The number of hydrogen-bond donors (Lipinski definition) is 1. The number of amides is 1. The van der Waals surface area contributed by atoms with Crippen molar-refractivity contribution in [1.82, 2.24) is 9.47 Å². The minimum atomic E-state index is -2.01. The van der Waals surface area contributed by atoms with E-state index < -0.39 is 20.0 Å². The highest BCUT2D eigenvalue weighted by molar-refractivity contribution is 7.07. The second kappa shape index (κ2) is 7.83. The summed E-state index contributed by atoms with van der Waals surface area (Å²) in [4.78, 5) is 26.2. The molecule has 1 saturated heterocycles. The summed E-state index contributed by atoms with van der Waals surface area (Å²) in [6.07, 6.45) is 0.0736. The van der Waals surface area contributed by atoms with Gasteiger partial charge in [-0.2, -0.15) is 0 Å². The van der Waals surface area contributed by atoms with Gasteiger partial charge in [0.15, 0.2) is 8.32 Å². The van der Waals surface area contributed by atoms with Gasteiger partial charge in [0.1, 0.15) is 5.60 Å². The highest BCUT2D eigenvalue weighted by Crippen LogP contribution is 2.39. The van der Waals surface area contributed by atoms with Crippen LogP contribution in [0.3, 0.4) is 0 Å². The first-order valence-corrected chi connectivity index (χ1v) is 13.4. The van der Waals surface area contributed by atoms with Gasteiger partial charge >= 0.3 is 11.0 Å². The number of aromatic nitrogens is 1. The second-order valence-corrected chi connectivity index (χ2v) is 15.6. The normalized spacial score (nSPS) is 21.2. The van der Waals surface area contributed by atoms with Crippen LogP contribution in [0.4, 0.5) is 4.79 Å². The Hall–Kier alpha value is -1.32. The van der Waals surface area contributed by atoms with Crippen molar-refractivity contribution in [3.63, 3.8) is 0 Å². The Morgan fingerprint density at radius 2 is 1.89 bits per heavy atom. The minimum absolute atomic E-state index is 0.0599. The van der Waals surface area contributed by atoms with E-state index in [1.165, 1.54) is 9.95 Å². The number of rotatable bonds is 4. The third-order valence-electron chi connectivity index (χ3n) is 5.43. The lowest BCUT2D eigenvalue weighted by Gasteiger charge is -2.38. The molecule has 0 aliphatic carbocycles. The first-order valence-electron chi connectivity index (χ1n) is 9.65. The average molecular weight is 431 g/mol. The number of hydrogen-bond acceptors (Lipinski definition) is 6.